The molecule has 1 heterocycles. The van der Waals surface area contributed by atoms with Crippen LogP contribution in [0, 0.1) is 0 Å². The fraction of sp³-hybridized carbons (Fsp3) is 0.429. The molecule has 7 heteroatoms. The topological polar surface area (TPSA) is 83.6 Å². The molecule has 3 N–H and O–H groups in total. The Labute approximate surface area is 132 Å². The van der Waals surface area contributed by atoms with Gasteiger partial charge in [-0.1, -0.05) is 35.3 Å². The molecule has 0 spiro atoms. The van der Waals surface area contributed by atoms with Crippen molar-refractivity contribution < 1.29 is 14.7 Å². The molecule has 1 atom stereocenters. The van der Waals surface area contributed by atoms with E-state index in [1.165, 1.54) is 4.90 Å². The molecule has 1 aliphatic heterocycles. The molecule has 2 amide bonds. The van der Waals surface area contributed by atoms with Gasteiger partial charge >= 0.3 is 0 Å². The first kappa shape index (κ1) is 16.1. The van der Waals surface area contributed by atoms with E-state index in [2.05, 4.69) is 0 Å². The number of benzene rings is 1. The highest BCUT2D eigenvalue weighted by atomic mass is 35.5. The second-order valence-electron chi connectivity index (χ2n) is 5.20. The first-order valence-electron chi connectivity index (χ1n) is 6.56. The second-order valence-corrected chi connectivity index (χ2v) is 5.99. The summed E-state index contributed by atoms with van der Waals surface area (Å²) in [6.07, 6.45) is 0.854. The fourth-order valence-corrected chi connectivity index (χ4v) is 2.80. The van der Waals surface area contributed by atoms with Gasteiger partial charge in [0.2, 0.25) is 5.91 Å². The van der Waals surface area contributed by atoms with Gasteiger partial charge in [0.25, 0.3) is 5.91 Å². The smallest absolute Gasteiger partial charge is 0.251 e. The van der Waals surface area contributed by atoms with Crippen molar-refractivity contribution in [1.29, 1.82) is 0 Å². The predicted molar refractivity (Wildman–Crippen MR) is 80.1 cm³/mol. The fourth-order valence-electron chi connectivity index (χ4n) is 2.41. The number of carbonyl (C=O) groups excluding carboxylic acids is 2. The lowest BCUT2D eigenvalue weighted by molar-refractivity contribution is -0.148. The van der Waals surface area contributed by atoms with Crippen LogP contribution < -0.4 is 5.73 Å². The van der Waals surface area contributed by atoms with Crippen LogP contribution in [0.3, 0.4) is 0 Å². The summed E-state index contributed by atoms with van der Waals surface area (Å²) in [6.45, 7) is 0.395. The lowest BCUT2D eigenvalue weighted by Crippen LogP contribution is -2.57. The third kappa shape index (κ3) is 3.48. The van der Waals surface area contributed by atoms with Crippen LogP contribution in [-0.4, -0.2) is 40.5 Å². The predicted octanol–water partition coefficient (Wildman–Crippen LogP) is 1.37. The normalized spacial score (nSPS) is 22.1. The van der Waals surface area contributed by atoms with Crippen LogP contribution in [-0.2, 0) is 16.0 Å². The number of nitrogens with zero attached hydrogens (tertiary/aromatic N) is 1. The van der Waals surface area contributed by atoms with Crippen molar-refractivity contribution in [1.82, 2.24) is 4.90 Å². The standard InChI is InChI=1S/C14H16Cl2N2O3/c15-10-4-1-3-9(12(10)16)7-11(19)18-6-2-5-14(21,8-18)13(17)20/h1,3-4,21H,2,5-8H2,(H2,17,20). The number of halogens is 2. The van der Waals surface area contributed by atoms with E-state index in [4.69, 9.17) is 28.9 Å². The van der Waals surface area contributed by atoms with Crippen molar-refractivity contribution in [2.75, 3.05) is 13.1 Å². The molecule has 2 rings (SSSR count). The van der Waals surface area contributed by atoms with Gasteiger partial charge < -0.3 is 15.7 Å². The average molecular weight is 331 g/mol. The zero-order valence-electron chi connectivity index (χ0n) is 11.3. The SMILES string of the molecule is NC(=O)C1(O)CCCN(C(=O)Cc2cccc(Cl)c2Cl)C1. The van der Waals surface area contributed by atoms with Crippen molar-refractivity contribution in [2.24, 2.45) is 5.73 Å². The summed E-state index contributed by atoms with van der Waals surface area (Å²) in [5.41, 5.74) is 4.16. The highest BCUT2D eigenvalue weighted by Crippen LogP contribution is 2.27. The van der Waals surface area contributed by atoms with E-state index in [9.17, 15) is 14.7 Å². The quantitative estimate of drug-likeness (QED) is 0.878. The maximum absolute atomic E-state index is 12.3. The Bertz CT molecular complexity index is 579. The summed E-state index contributed by atoms with van der Waals surface area (Å²) in [5, 5.41) is 10.8. The van der Waals surface area contributed by atoms with Crippen LogP contribution in [0.5, 0.6) is 0 Å². The summed E-state index contributed by atoms with van der Waals surface area (Å²) in [4.78, 5) is 25.0. The van der Waals surface area contributed by atoms with Crippen LogP contribution in [0.4, 0.5) is 0 Å². The van der Waals surface area contributed by atoms with Gasteiger partial charge in [0, 0.05) is 6.54 Å². The van der Waals surface area contributed by atoms with Gasteiger partial charge in [-0.2, -0.15) is 0 Å². The molecule has 1 fully saturated rings. The van der Waals surface area contributed by atoms with Gasteiger partial charge in [-0.3, -0.25) is 9.59 Å². The van der Waals surface area contributed by atoms with Crippen LogP contribution >= 0.6 is 23.2 Å². The lowest BCUT2D eigenvalue weighted by Gasteiger charge is -2.37. The third-order valence-corrected chi connectivity index (χ3v) is 4.51. The van der Waals surface area contributed by atoms with Gasteiger partial charge in [0.1, 0.15) is 0 Å². The van der Waals surface area contributed by atoms with Crippen LogP contribution in [0.2, 0.25) is 10.0 Å². The summed E-state index contributed by atoms with van der Waals surface area (Å²) in [7, 11) is 0. The molecular formula is C14H16Cl2N2O3. The number of amides is 2. The number of nitrogens with two attached hydrogens (primary N) is 1. The van der Waals surface area contributed by atoms with Gasteiger partial charge in [-0.15, -0.1) is 0 Å². The Morgan fingerprint density at radius 3 is 2.76 bits per heavy atom. The van der Waals surface area contributed by atoms with Crippen molar-refractivity contribution in [3.05, 3.63) is 33.8 Å². The van der Waals surface area contributed by atoms with Crippen molar-refractivity contribution in [2.45, 2.75) is 24.9 Å². The number of piperidine rings is 1. The van der Waals surface area contributed by atoms with Gasteiger partial charge in [0.05, 0.1) is 23.0 Å². The number of β-amino-alcohol motifs (C(OH)–C–C–N with tert-alkyl or cyclic N) is 1. The minimum Gasteiger partial charge on any atom is -0.378 e. The maximum atomic E-state index is 12.3. The first-order chi connectivity index (χ1) is 9.83. The second kappa shape index (κ2) is 6.22. The Morgan fingerprint density at radius 1 is 1.38 bits per heavy atom. The molecule has 21 heavy (non-hydrogen) atoms. The molecule has 0 saturated carbocycles. The van der Waals surface area contributed by atoms with E-state index >= 15 is 0 Å². The number of primary amides is 1. The third-order valence-electron chi connectivity index (χ3n) is 3.66. The van der Waals surface area contributed by atoms with Gasteiger partial charge in [-0.25, -0.2) is 0 Å². The molecule has 5 nitrogen and oxygen atoms in total. The van der Waals surface area contributed by atoms with Crippen LogP contribution in [0.25, 0.3) is 0 Å². The van der Waals surface area contributed by atoms with E-state index in [0.717, 1.165) is 0 Å². The molecular weight excluding hydrogens is 315 g/mol. The summed E-state index contributed by atoms with van der Waals surface area (Å²) in [5.74, 6) is -1.03. The van der Waals surface area contributed by atoms with E-state index < -0.39 is 11.5 Å². The summed E-state index contributed by atoms with van der Waals surface area (Å²) < 4.78 is 0. The van der Waals surface area contributed by atoms with Crippen LogP contribution in [0.15, 0.2) is 18.2 Å². The maximum Gasteiger partial charge on any atom is 0.251 e. The van der Waals surface area contributed by atoms with Crippen molar-refractivity contribution in [3.8, 4) is 0 Å². The van der Waals surface area contributed by atoms with Crippen molar-refractivity contribution >= 4 is 35.0 Å². The van der Waals surface area contributed by atoms with Crippen molar-refractivity contribution in [3.63, 3.8) is 0 Å². The lowest BCUT2D eigenvalue weighted by atomic mass is 9.92. The minimum absolute atomic E-state index is 0.0637. The molecule has 1 aromatic rings. The van der Waals surface area contributed by atoms with E-state index in [1.54, 1.807) is 18.2 Å². The number of aliphatic hydroxyl groups is 1. The summed E-state index contributed by atoms with van der Waals surface area (Å²) >= 11 is 12.0. The molecule has 0 radical (unpaired) electrons. The molecule has 1 aromatic carbocycles. The molecule has 0 bridgehead atoms. The van der Waals surface area contributed by atoms with E-state index in [1.807, 2.05) is 0 Å². The highest BCUT2D eigenvalue weighted by molar-refractivity contribution is 6.42. The minimum atomic E-state index is -1.65. The van der Waals surface area contributed by atoms with Gasteiger partial charge in [0.15, 0.2) is 5.60 Å². The first-order valence-corrected chi connectivity index (χ1v) is 7.32. The summed E-state index contributed by atoms with van der Waals surface area (Å²) in [6, 6.07) is 5.08. The largest absolute Gasteiger partial charge is 0.378 e. The average Bonchev–Trinajstić information content (AvgIpc) is 2.43. The zero-order chi connectivity index (χ0) is 15.6. The molecule has 1 aliphatic rings. The molecule has 1 unspecified atom stereocenters. The van der Waals surface area contributed by atoms with Crippen LogP contribution in [0.1, 0.15) is 18.4 Å². The number of carbonyl (C=O) groups is 2. The zero-order valence-corrected chi connectivity index (χ0v) is 12.8. The monoisotopic (exact) mass is 330 g/mol. The molecule has 0 aromatic heterocycles. The highest BCUT2D eigenvalue weighted by Gasteiger charge is 2.40. The van der Waals surface area contributed by atoms with E-state index in [0.29, 0.717) is 28.6 Å². The Hall–Kier alpha value is -1.30. The number of hydrogen-bond donors (Lipinski definition) is 2. The Morgan fingerprint density at radius 2 is 2.10 bits per heavy atom. The molecule has 114 valence electrons. The number of likely N-dealkylation sites (tertiary alicyclic amines) is 1. The van der Waals surface area contributed by atoms with E-state index in [-0.39, 0.29) is 25.3 Å². The number of rotatable bonds is 3. The Kier molecular flexibility index (Phi) is 4.76. The van der Waals surface area contributed by atoms with Gasteiger partial charge in [-0.05, 0) is 24.5 Å². The Balaban J connectivity index is 2.10. The molecule has 1 saturated heterocycles. The number of hydrogen-bond acceptors (Lipinski definition) is 3. The molecule has 0 aliphatic carbocycles.